The zero-order chi connectivity index (χ0) is 18.1. The van der Waals surface area contributed by atoms with Crippen LogP contribution in [-0.4, -0.2) is 31.1 Å². The van der Waals surface area contributed by atoms with Gasteiger partial charge in [0.05, 0.1) is 33.9 Å². The second-order valence-electron chi connectivity index (χ2n) is 5.64. The lowest BCUT2D eigenvalue weighted by Crippen LogP contribution is -2.16. The molecule has 0 spiro atoms. The number of aromatic nitrogens is 3. The first-order chi connectivity index (χ1) is 12.0. The van der Waals surface area contributed by atoms with E-state index in [2.05, 4.69) is 15.4 Å². The summed E-state index contributed by atoms with van der Waals surface area (Å²) in [4.78, 5) is 0. The first-order valence-electron chi connectivity index (χ1n) is 7.80. The maximum absolute atomic E-state index is 9.55. The molecule has 3 rings (SSSR count). The van der Waals surface area contributed by atoms with Gasteiger partial charge in [0, 0.05) is 0 Å². The molecule has 2 aromatic heterocycles. The van der Waals surface area contributed by atoms with E-state index in [4.69, 9.17) is 10.3 Å². The fourth-order valence-corrected chi connectivity index (χ4v) is 2.86. The van der Waals surface area contributed by atoms with E-state index in [0.717, 1.165) is 11.3 Å². The van der Waals surface area contributed by atoms with Crippen LogP contribution in [0.15, 0.2) is 33.9 Å². The molecule has 130 valence electrons. The monoisotopic (exact) mass is 341 g/mol. The van der Waals surface area contributed by atoms with Crippen molar-refractivity contribution in [3.05, 3.63) is 47.0 Å². The Hall–Kier alpha value is -3.29. The Morgan fingerprint density at radius 1 is 1.28 bits per heavy atom. The summed E-state index contributed by atoms with van der Waals surface area (Å²) in [7, 11) is 0. The van der Waals surface area contributed by atoms with Crippen LogP contribution in [-0.2, 0) is 6.42 Å². The molecule has 0 bridgehead atoms. The second-order valence-corrected chi connectivity index (χ2v) is 5.64. The molecule has 8 nitrogen and oxygen atoms in total. The highest BCUT2D eigenvalue weighted by molar-refractivity contribution is 6.04. The molecule has 0 fully saturated rings. The number of nitrogens with zero attached hydrogens (tertiary/aromatic N) is 4. The maximum Gasteiger partial charge on any atom is 0.174 e. The number of nitrogens with two attached hydrogens (primary N) is 1. The molecule has 25 heavy (non-hydrogen) atoms. The van der Waals surface area contributed by atoms with Gasteiger partial charge in [-0.1, -0.05) is 17.2 Å². The molecule has 0 aliphatic carbocycles. The number of amidine groups is 1. The van der Waals surface area contributed by atoms with Crippen LogP contribution in [0.25, 0.3) is 16.9 Å². The lowest BCUT2D eigenvalue weighted by atomic mass is 10.0. The number of aromatic hydroxyl groups is 1. The smallest absolute Gasteiger partial charge is 0.174 e. The van der Waals surface area contributed by atoms with Crippen LogP contribution in [0, 0.1) is 13.8 Å². The van der Waals surface area contributed by atoms with Crippen LogP contribution in [0.4, 0.5) is 0 Å². The van der Waals surface area contributed by atoms with E-state index in [-0.39, 0.29) is 11.6 Å². The molecule has 1 aromatic carbocycles. The lowest BCUT2D eigenvalue weighted by Gasteiger charge is -2.09. The Morgan fingerprint density at radius 2 is 1.96 bits per heavy atom. The molecule has 8 heteroatoms. The fraction of sp³-hybridized carbons (Fsp3) is 0.235. The third kappa shape index (κ3) is 2.71. The standard InChI is InChI=1S/C17H19N5O3/c1-4-13-15(17(18)20-24)16(14-9(2)21-25-10(14)3)22(19-13)11-5-7-12(23)8-6-11/h5-8,23-24H,4H2,1-3H3,(H2,18,20). The first kappa shape index (κ1) is 16.6. The summed E-state index contributed by atoms with van der Waals surface area (Å²) < 4.78 is 6.99. The van der Waals surface area contributed by atoms with Gasteiger partial charge in [0.25, 0.3) is 0 Å². The van der Waals surface area contributed by atoms with E-state index in [0.29, 0.717) is 34.8 Å². The number of oxime groups is 1. The van der Waals surface area contributed by atoms with Crippen LogP contribution in [0.1, 0.15) is 29.6 Å². The molecule has 2 heterocycles. The van der Waals surface area contributed by atoms with Crippen LogP contribution in [0.3, 0.4) is 0 Å². The number of benzene rings is 1. The Kier molecular flexibility index (Phi) is 4.18. The van der Waals surface area contributed by atoms with Gasteiger partial charge in [0.2, 0.25) is 0 Å². The van der Waals surface area contributed by atoms with Gasteiger partial charge >= 0.3 is 0 Å². The Bertz CT molecular complexity index is 919. The van der Waals surface area contributed by atoms with Crippen LogP contribution >= 0.6 is 0 Å². The predicted octanol–water partition coefficient (Wildman–Crippen LogP) is 2.51. The molecule has 0 aliphatic heterocycles. The molecule has 4 N–H and O–H groups in total. The van der Waals surface area contributed by atoms with E-state index >= 15 is 0 Å². The lowest BCUT2D eigenvalue weighted by molar-refractivity contribution is 0.318. The molecule has 0 atom stereocenters. The molecule has 0 amide bonds. The molecular formula is C17H19N5O3. The summed E-state index contributed by atoms with van der Waals surface area (Å²) in [5, 5.41) is 30.6. The van der Waals surface area contributed by atoms with E-state index in [1.165, 1.54) is 0 Å². The van der Waals surface area contributed by atoms with Crippen LogP contribution < -0.4 is 5.73 Å². The Balaban J connectivity index is 2.39. The van der Waals surface area contributed by atoms with Crippen molar-refractivity contribution in [3.63, 3.8) is 0 Å². The van der Waals surface area contributed by atoms with Crippen LogP contribution in [0.5, 0.6) is 5.75 Å². The summed E-state index contributed by atoms with van der Waals surface area (Å²) in [6.07, 6.45) is 0.590. The molecule has 0 radical (unpaired) electrons. The Labute approximate surface area is 144 Å². The molecule has 0 aliphatic rings. The third-order valence-corrected chi connectivity index (χ3v) is 4.02. The minimum Gasteiger partial charge on any atom is -0.508 e. The minimum atomic E-state index is -0.0307. The van der Waals surface area contributed by atoms with Gasteiger partial charge < -0.3 is 20.6 Å². The summed E-state index contributed by atoms with van der Waals surface area (Å²) >= 11 is 0. The van der Waals surface area contributed by atoms with Gasteiger partial charge in [0.1, 0.15) is 11.5 Å². The van der Waals surface area contributed by atoms with Crippen molar-refractivity contribution in [1.29, 1.82) is 0 Å². The second kappa shape index (κ2) is 6.31. The largest absolute Gasteiger partial charge is 0.508 e. The van der Waals surface area contributed by atoms with E-state index in [9.17, 15) is 10.3 Å². The van der Waals surface area contributed by atoms with Crippen molar-refractivity contribution in [3.8, 4) is 22.7 Å². The van der Waals surface area contributed by atoms with E-state index < -0.39 is 0 Å². The molecule has 3 aromatic rings. The minimum absolute atomic E-state index is 0.0307. The summed E-state index contributed by atoms with van der Waals surface area (Å²) in [6.45, 7) is 5.56. The van der Waals surface area contributed by atoms with Gasteiger partial charge in [-0.25, -0.2) is 4.68 Å². The molecular weight excluding hydrogens is 322 g/mol. The van der Waals surface area contributed by atoms with E-state index in [1.807, 2.05) is 13.8 Å². The van der Waals surface area contributed by atoms with Gasteiger partial charge in [-0.05, 0) is 44.5 Å². The fourth-order valence-electron chi connectivity index (χ4n) is 2.86. The average molecular weight is 341 g/mol. The van der Waals surface area contributed by atoms with Crippen molar-refractivity contribution in [2.45, 2.75) is 27.2 Å². The number of rotatable bonds is 4. The zero-order valence-electron chi connectivity index (χ0n) is 14.2. The normalized spacial score (nSPS) is 11.9. The SMILES string of the molecule is CCc1nn(-c2ccc(O)cc2)c(-c2c(C)noc2C)c1C(N)=NO. The van der Waals surface area contributed by atoms with E-state index in [1.54, 1.807) is 35.9 Å². The molecule has 0 saturated carbocycles. The molecule has 0 saturated heterocycles. The van der Waals surface area contributed by atoms with Crippen molar-refractivity contribution < 1.29 is 14.8 Å². The average Bonchev–Trinajstić information content (AvgIpc) is 3.14. The highest BCUT2D eigenvalue weighted by Gasteiger charge is 2.27. The summed E-state index contributed by atoms with van der Waals surface area (Å²) in [6, 6.07) is 6.62. The van der Waals surface area contributed by atoms with Gasteiger partial charge in [0.15, 0.2) is 5.84 Å². The molecule has 0 unspecified atom stereocenters. The van der Waals surface area contributed by atoms with Crippen LogP contribution in [0.2, 0.25) is 0 Å². The number of phenols is 1. The summed E-state index contributed by atoms with van der Waals surface area (Å²) in [5.41, 5.74) is 9.93. The third-order valence-electron chi connectivity index (χ3n) is 4.02. The summed E-state index contributed by atoms with van der Waals surface area (Å²) in [5.74, 6) is 0.728. The highest BCUT2D eigenvalue weighted by atomic mass is 16.5. The van der Waals surface area contributed by atoms with Crippen molar-refractivity contribution in [2.24, 2.45) is 10.9 Å². The van der Waals surface area contributed by atoms with Crippen molar-refractivity contribution in [1.82, 2.24) is 14.9 Å². The number of aryl methyl sites for hydroxylation is 3. The predicted molar refractivity (Wildman–Crippen MR) is 92.1 cm³/mol. The van der Waals surface area contributed by atoms with Crippen molar-refractivity contribution >= 4 is 5.84 Å². The number of hydrogen-bond donors (Lipinski definition) is 3. The maximum atomic E-state index is 9.55. The zero-order valence-corrected chi connectivity index (χ0v) is 14.2. The van der Waals surface area contributed by atoms with Gasteiger partial charge in [-0.2, -0.15) is 5.10 Å². The highest BCUT2D eigenvalue weighted by Crippen LogP contribution is 2.34. The first-order valence-corrected chi connectivity index (χ1v) is 7.80. The number of hydrogen-bond acceptors (Lipinski definition) is 6. The quantitative estimate of drug-likeness (QED) is 0.290. The topological polar surface area (TPSA) is 123 Å². The van der Waals surface area contributed by atoms with Gasteiger partial charge in [-0.15, -0.1) is 0 Å². The Morgan fingerprint density at radius 3 is 2.48 bits per heavy atom. The van der Waals surface area contributed by atoms with Gasteiger partial charge in [-0.3, -0.25) is 0 Å². The number of phenolic OH excluding ortho intramolecular Hbond substituents is 1. The van der Waals surface area contributed by atoms with Crippen molar-refractivity contribution in [2.75, 3.05) is 0 Å².